The third-order valence-corrected chi connectivity index (χ3v) is 7.50. The van der Waals surface area contributed by atoms with Crippen LogP contribution in [0.5, 0.6) is 0 Å². The molecule has 8 heteroatoms. The van der Waals surface area contributed by atoms with Crippen LogP contribution in [0.4, 0.5) is 0 Å². The molecule has 0 spiro atoms. The van der Waals surface area contributed by atoms with E-state index in [2.05, 4.69) is 0 Å². The van der Waals surface area contributed by atoms with Crippen LogP contribution < -0.4 is 5.73 Å². The molecule has 0 aliphatic rings. The first-order valence-corrected chi connectivity index (χ1v) is 12.3. The van der Waals surface area contributed by atoms with Crippen molar-refractivity contribution >= 4 is 27.5 Å². The first kappa shape index (κ1) is 24.9. The smallest absolute Gasteiger partial charge is 0.244 e. The number of carbonyl (C=O) groups is 1. The number of nitrogens with two attached hydrogens (primary N) is 1. The van der Waals surface area contributed by atoms with Gasteiger partial charge in [-0.1, -0.05) is 66.2 Å². The predicted molar refractivity (Wildman–Crippen MR) is 129 cm³/mol. The molecule has 0 aliphatic carbocycles. The number of aliphatic hydroxyl groups is 1. The van der Waals surface area contributed by atoms with Gasteiger partial charge in [0.05, 0.1) is 10.5 Å². The van der Waals surface area contributed by atoms with Crippen LogP contribution in [0.1, 0.15) is 36.6 Å². The number of halogens is 1. The van der Waals surface area contributed by atoms with E-state index in [9.17, 15) is 18.3 Å². The summed E-state index contributed by atoms with van der Waals surface area (Å²) in [5.41, 5.74) is 6.82. The Morgan fingerprint density at radius 2 is 1.58 bits per heavy atom. The van der Waals surface area contributed by atoms with Crippen molar-refractivity contribution in [3.05, 3.63) is 101 Å². The van der Waals surface area contributed by atoms with Gasteiger partial charge < -0.3 is 10.8 Å². The zero-order chi connectivity index (χ0) is 24.2. The van der Waals surface area contributed by atoms with Crippen molar-refractivity contribution in [1.82, 2.24) is 4.31 Å². The van der Waals surface area contributed by atoms with E-state index in [1.807, 2.05) is 12.1 Å². The fraction of sp³-hybridized carbons (Fsp3) is 0.240. The van der Waals surface area contributed by atoms with Crippen LogP contribution in [0.3, 0.4) is 0 Å². The third kappa shape index (κ3) is 6.00. The molecule has 0 aliphatic heterocycles. The van der Waals surface area contributed by atoms with Gasteiger partial charge in [0.15, 0.2) is 0 Å². The number of sulfonamides is 1. The van der Waals surface area contributed by atoms with Crippen molar-refractivity contribution in [2.45, 2.75) is 36.8 Å². The summed E-state index contributed by atoms with van der Waals surface area (Å²) in [4.78, 5) is 12.5. The van der Waals surface area contributed by atoms with Gasteiger partial charge in [0, 0.05) is 11.6 Å². The van der Waals surface area contributed by atoms with Crippen molar-refractivity contribution in [3.63, 3.8) is 0 Å². The lowest BCUT2D eigenvalue weighted by molar-refractivity contribution is -0.121. The summed E-state index contributed by atoms with van der Waals surface area (Å²) in [6, 6.07) is 20.5. The van der Waals surface area contributed by atoms with Crippen molar-refractivity contribution in [3.8, 4) is 0 Å². The summed E-state index contributed by atoms with van der Waals surface area (Å²) in [5, 5.41) is 10.6. The van der Waals surface area contributed by atoms with Gasteiger partial charge in [0.1, 0.15) is 6.04 Å². The zero-order valence-electron chi connectivity index (χ0n) is 18.5. The maximum absolute atomic E-state index is 13.6. The van der Waals surface area contributed by atoms with E-state index < -0.39 is 27.6 Å². The maximum Gasteiger partial charge on any atom is 0.244 e. The van der Waals surface area contributed by atoms with Crippen LogP contribution in [-0.2, 0) is 26.8 Å². The van der Waals surface area contributed by atoms with Crippen LogP contribution in [0, 0.1) is 0 Å². The summed E-state index contributed by atoms with van der Waals surface area (Å²) in [6.45, 7) is 3.41. The molecule has 3 aromatic rings. The number of nitrogens with zero attached hydrogens (tertiary/aromatic N) is 1. The predicted octanol–water partition coefficient (Wildman–Crippen LogP) is 4.03. The van der Waals surface area contributed by atoms with E-state index in [1.165, 1.54) is 24.3 Å². The monoisotopic (exact) mass is 486 g/mol. The van der Waals surface area contributed by atoms with Crippen molar-refractivity contribution in [2.75, 3.05) is 6.54 Å². The number of primary amides is 1. The Hall–Kier alpha value is -2.71. The summed E-state index contributed by atoms with van der Waals surface area (Å²) in [6.07, 6.45) is 0.343. The van der Waals surface area contributed by atoms with Gasteiger partial charge in [-0.15, -0.1) is 0 Å². The van der Waals surface area contributed by atoms with E-state index in [0.29, 0.717) is 17.0 Å². The number of benzene rings is 3. The Balaban J connectivity index is 1.99. The van der Waals surface area contributed by atoms with Gasteiger partial charge in [-0.05, 0) is 61.2 Å². The Morgan fingerprint density at radius 1 is 1.00 bits per heavy atom. The fourth-order valence-electron chi connectivity index (χ4n) is 3.56. The highest BCUT2D eigenvalue weighted by molar-refractivity contribution is 7.89. The Bertz CT molecular complexity index is 1190. The molecule has 3 aromatic carbocycles. The standard InChI is InChI=1S/C25H27ClN2O4S/c1-25(2,30)20-10-8-18(9-11-20)16-17-28(23(24(27)29)19-6-4-3-5-7-19)33(31,32)22-14-12-21(26)13-15-22/h3-15,23,30H,16-17H2,1-2H3,(H2,27,29). The molecule has 6 nitrogen and oxygen atoms in total. The molecule has 3 rings (SSSR count). The normalized spacial score (nSPS) is 13.1. The molecule has 0 saturated carbocycles. The number of amides is 1. The number of carbonyl (C=O) groups excluding carboxylic acids is 1. The maximum atomic E-state index is 13.6. The van der Waals surface area contributed by atoms with Crippen LogP contribution in [0.15, 0.2) is 83.8 Å². The van der Waals surface area contributed by atoms with Crippen LogP contribution in [0.2, 0.25) is 5.02 Å². The molecule has 174 valence electrons. The van der Waals surface area contributed by atoms with Gasteiger partial charge in [-0.2, -0.15) is 4.31 Å². The highest BCUT2D eigenvalue weighted by Gasteiger charge is 2.35. The number of hydrogen-bond acceptors (Lipinski definition) is 4. The van der Waals surface area contributed by atoms with Crippen molar-refractivity contribution in [2.24, 2.45) is 5.73 Å². The lowest BCUT2D eigenvalue weighted by Gasteiger charge is -2.29. The second kappa shape index (κ2) is 10.1. The van der Waals surface area contributed by atoms with E-state index in [4.69, 9.17) is 17.3 Å². The van der Waals surface area contributed by atoms with Crippen LogP contribution >= 0.6 is 11.6 Å². The molecule has 33 heavy (non-hydrogen) atoms. The summed E-state index contributed by atoms with van der Waals surface area (Å²) < 4.78 is 28.4. The first-order chi connectivity index (χ1) is 15.5. The van der Waals surface area contributed by atoms with E-state index in [-0.39, 0.29) is 11.4 Å². The summed E-state index contributed by atoms with van der Waals surface area (Å²) >= 11 is 5.94. The molecular weight excluding hydrogens is 460 g/mol. The minimum Gasteiger partial charge on any atom is -0.386 e. The van der Waals surface area contributed by atoms with E-state index in [0.717, 1.165) is 15.4 Å². The molecule has 0 heterocycles. The highest BCUT2D eigenvalue weighted by atomic mass is 35.5. The average Bonchev–Trinajstić information content (AvgIpc) is 2.76. The first-order valence-electron chi connectivity index (χ1n) is 10.4. The third-order valence-electron chi connectivity index (χ3n) is 5.37. The van der Waals surface area contributed by atoms with Gasteiger partial charge in [0.2, 0.25) is 15.9 Å². The molecule has 0 bridgehead atoms. The number of rotatable bonds is 9. The van der Waals surface area contributed by atoms with Crippen LogP contribution in [0.25, 0.3) is 0 Å². The minimum atomic E-state index is -4.08. The number of hydrogen-bond donors (Lipinski definition) is 2. The minimum absolute atomic E-state index is 0.0199. The summed E-state index contributed by atoms with van der Waals surface area (Å²) in [5.74, 6) is -0.767. The van der Waals surface area contributed by atoms with Crippen molar-refractivity contribution < 1.29 is 18.3 Å². The molecule has 0 aromatic heterocycles. The van der Waals surface area contributed by atoms with Crippen LogP contribution in [-0.4, -0.2) is 30.3 Å². The molecular formula is C25H27ClN2O4S. The molecule has 0 radical (unpaired) electrons. The van der Waals surface area contributed by atoms with Gasteiger partial charge in [-0.3, -0.25) is 4.79 Å². The largest absolute Gasteiger partial charge is 0.386 e. The second-order valence-corrected chi connectivity index (χ2v) is 10.6. The van der Waals surface area contributed by atoms with E-state index in [1.54, 1.807) is 56.3 Å². The molecule has 3 N–H and O–H groups in total. The average molecular weight is 487 g/mol. The van der Waals surface area contributed by atoms with Gasteiger partial charge in [-0.25, -0.2) is 8.42 Å². The zero-order valence-corrected chi connectivity index (χ0v) is 20.1. The molecule has 1 amide bonds. The lowest BCUT2D eigenvalue weighted by Crippen LogP contribution is -2.42. The highest BCUT2D eigenvalue weighted by Crippen LogP contribution is 2.29. The van der Waals surface area contributed by atoms with Gasteiger partial charge >= 0.3 is 0 Å². The topological polar surface area (TPSA) is 101 Å². The Kier molecular flexibility index (Phi) is 7.59. The molecule has 1 atom stereocenters. The second-order valence-electron chi connectivity index (χ2n) is 8.29. The van der Waals surface area contributed by atoms with Crippen molar-refractivity contribution in [1.29, 1.82) is 0 Å². The quantitative estimate of drug-likeness (QED) is 0.476. The SMILES string of the molecule is CC(C)(O)c1ccc(CCN(C(C(N)=O)c2ccccc2)S(=O)(=O)c2ccc(Cl)cc2)cc1. The Morgan fingerprint density at radius 3 is 2.09 bits per heavy atom. The molecule has 0 fully saturated rings. The van der Waals surface area contributed by atoms with Gasteiger partial charge in [0.25, 0.3) is 0 Å². The summed E-state index contributed by atoms with van der Waals surface area (Å²) in [7, 11) is -4.08. The molecule has 1 unspecified atom stereocenters. The lowest BCUT2D eigenvalue weighted by atomic mass is 9.97. The fourth-order valence-corrected chi connectivity index (χ4v) is 5.27. The van der Waals surface area contributed by atoms with E-state index >= 15 is 0 Å². The molecule has 0 saturated heterocycles. The Labute approximate surface area is 199 Å².